The Kier molecular flexibility index (Phi) is 4.57. The van der Waals surface area contributed by atoms with Crippen LogP contribution in [0.3, 0.4) is 0 Å². The molecule has 4 nitrogen and oxygen atoms in total. The maximum absolute atomic E-state index is 11.5. The first-order chi connectivity index (χ1) is 7.43. The van der Waals surface area contributed by atoms with E-state index >= 15 is 0 Å². The van der Waals surface area contributed by atoms with Crippen molar-refractivity contribution < 1.29 is 8.42 Å². The van der Waals surface area contributed by atoms with Crippen molar-refractivity contribution in [3.63, 3.8) is 0 Å². The summed E-state index contributed by atoms with van der Waals surface area (Å²) in [5.41, 5.74) is 5.71. The molecule has 0 amide bonds. The Morgan fingerprint density at radius 2 is 2.25 bits per heavy atom. The lowest BCUT2D eigenvalue weighted by molar-refractivity contribution is 0.605. The molecule has 88 valence electrons. The minimum atomic E-state index is -3.48. The second kappa shape index (κ2) is 5.51. The van der Waals surface area contributed by atoms with Gasteiger partial charge < -0.3 is 5.73 Å². The average Bonchev–Trinajstić information content (AvgIpc) is 2.15. The molecule has 0 aliphatic carbocycles. The molecule has 0 saturated heterocycles. The zero-order chi connectivity index (χ0) is 12.2. The molecule has 16 heavy (non-hydrogen) atoms. The first-order valence-corrected chi connectivity index (χ1v) is 7.64. The summed E-state index contributed by atoms with van der Waals surface area (Å²) in [7, 11) is -3.48. The number of rotatable bonds is 5. The van der Waals surface area contributed by atoms with E-state index in [-0.39, 0.29) is 10.7 Å². The topological polar surface area (TPSA) is 72.2 Å². The standard InChI is InChI=1S/C9H12N2O2S3/c1-15-8-4-2-3-7(5-8)11-16(12,13)6-9(10)14/h2-5,11H,6H2,1H3,(H2,10,14). The van der Waals surface area contributed by atoms with Crippen LogP contribution in [0.15, 0.2) is 29.2 Å². The molecule has 0 aromatic heterocycles. The van der Waals surface area contributed by atoms with Crippen LogP contribution >= 0.6 is 24.0 Å². The summed E-state index contributed by atoms with van der Waals surface area (Å²) in [5.74, 6) is -0.341. The van der Waals surface area contributed by atoms with Gasteiger partial charge in [0.2, 0.25) is 10.0 Å². The summed E-state index contributed by atoms with van der Waals surface area (Å²) in [6, 6.07) is 7.11. The van der Waals surface area contributed by atoms with E-state index in [1.165, 1.54) is 11.8 Å². The Bertz CT molecular complexity index is 485. The van der Waals surface area contributed by atoms with Crippen molar-refractivity contribution in [2.45, 2.75) is 4.90 Å². The third kappa shape index (κ3) is 4.38. The monoisotopic (exact) mass is 276 g/mol. The Morgan fingerprint density at radius 1 is 1.56 bits per heavy atom. The van der Waals surface area contributed by atoms with Crippen LogP contribution in [0.2, 0.25) is 0 Å². The van der Waals surface area contributed by atoms with Gasteiger partial charge in [-0.05, 0) is 24.5 Å². The molecular weight excluding hydrogens is 264 g/mol. The Morgan fingerprint density at radius 3 is 2.81 bits per heavy atom. The molecule has 0 atom stereocenters. The fraction of sp³-hybridized carbons (Fsp3) is 0.222. The van der Waals surface area contributed by atoms with Crippen molar-refractivity contribution in [3.8, 4) is 0 Å². The SMILES string of the molecule is CSc1cccc(NS(=O)(=O)CC(N)=S)c1. The van der Waals surface area contributed by atoms with Gasteiger partial charge in [0.05, 0.1) is 4.99 Å². The van der Waals surface area contributed by atoms with Gasteiger partial charge >= 0.3 is 0 Å². The van der Waals surface area contributed by atoms with Crippen molar-refractivity contribution in [2.75, 3.05) is 16.7 Å². The van der Waals surface area contributed by atoms with Gasteiger partial charge in [-0.1, -0.05) is 18.3 Å². The molecule has 0 bridgehead atoms. The van der Waals surface area contributed by atoms with Crippen molar-refractivity contribution >= 4 is 44.7 Å². The second-order valence-electron chi connectivity index (χ2n) is 3.06. The third-order valence-electron chi connectivity index (χ3n) is 1.68. The number of sulfonamides is 1. The third-order valence-corrected chi connectivity index (χ3v) is 3.97. The van der Waals surface area contributed by atoms with Crippen LogP contribution in [0, 0.1) is 0 Å². The van der Waals surface area contributed by atoms with Crippen molar-refractivity contribution in [3.05, 3.63) is 24.3 Å². The maximum atomic E-state index is 11.5. The molecule has 0 unspecified atom stereocenters. The molecule has 0 aliphatic rings. The minimum Gasteiger partial charge on any atom is -0.392 e. The number of hydrogen-bond donors (Lipinski definition) is 2. The van der Waals surface area contributed by atoms with Crippen LogP contribution in [-0.4, -0.2) is 25.4 Å². The van der Waals surface area contributed by atoms with Crippen LogP contribution in [0.25, 0.3) is 0 Å². The maximum Gasteiger partial charge on any atom is 0.239 e. The van der Waals surface area contributed by atoms with Crippen LogP contribution < -0.4 is 10.5 Å². The van der Waals surface area contributed by atoms with Gasteiger partial charge in [0, 0.05) is 10.6 Å². The molecule has 0 saturated carbocycles. The lowest BCUT2D eigenvalue weighted by Crippen LogP contribution is -2.26. The predicted molar refractivity (Wildman–Crippen MR) is 72.4 cm³/mol. The molecule has 1 aromatic carbocycles. The zero-order valence-corrected chi connectivity index (χ0v) is 11.1. The van der Waals surface area contributed by atoms with Crippen LogP contribution in [0.1, 0.15) is 0 Å². The molecule has 0 radical (unpaired) electrons. The van der Waals surface area contributed by atoms with E-state index in [1.54, 1.807) is 18.2 Å². The molecule has 1 rings (SSSR count). The van der Waals surface area contributed by atoms with E-state index in [0.29, 0.717) is 5.69 Å². The minimum absolute atomic E-state index is 0.0477. The molecule has 0 spiro atoms. The molecule has 1 aromatic rings. The summed E-state index contributed by atoms with van der Waals surface area (Å²) >= 11 is 6.10. The van der Waals surface area contributed by atoms with Gasteiger partial charge in [0.25, 0.3) is 0 Å². The Labute approximate surface area is 105 Å². The summed E-state index contributed by atoms with van der Waals surface area (Å²) in [4.78, 5) is 0.934. The molecular formula is C9H12N2O2S3. The molecule has 0 fully saturated rings. The number of nitrogens with two attached hydrogens (primary N) is 1. The van der Waals surface area contributed by atoms with E-state index < -0.39 is 10.0 Å². The number of hydrogen-bond acceptors (Lipinski definition) is 4. The first-order valence-electron chi connectivity index (χ1n) is 4.36. The Hall–Kier alpha value is -0.790. The highest BCUT2D eigenvalue weighted by Crippen LogP contribution is 2.19. The summed E-state index contributed by atoms with van der Waals surface area (Å²) in [6.45, 7) is 0. The van der Waals surface area contributed by atoms with Gasteiger partial charge in [-0.3, -0.25) is 4.72 Å². The summed E-state index contributed by atoms with van der Waals surface area (Å²) in [6.07, 6.45) is 1.92. The lowest BCUT2D eigenvalue weighted by Gasteiger charge is -2.07. The van der Waals surface area contributed by atoms with Crippen LogP contribution in [-0.2, 0) is 10.0 Å². The van der Waals surface area contributed by atoms with Gasteiger partial charge in [-0.15, -0.1) is 11.8 Å². The molecule has 0 aliphatic heterocycles. The van der Waals surface area contributed by atoms with E-state index in [2.05, 4.69) is 16.9 Å². The number of benzene rings is 1. The first kappa shape index (κ1) is 13.3. The Balaban J connectivity index is 2.83. The summed E-state index contributed by atoms with van der Waals surface area (Å²) in [5, 5.41) is 0. The van der Waals surface area contributed by atoms with Crippen molar-refractivity contribution in [1.82, 2.24) is 0 Å². The number of thioether (sulfide) groups is 1. The van der Waals surface area contributed by atoms with Gasteiger partial charge in [-0.2, -0.15) is 0 Å². The zero-order valence-electron chi connectivity index (χ0n) is 8.64. The average molecular weight is 276 g/mol. The van der Waals surface area contributed by atoms with Crippen LogP contribution in [0.5, 0.6) is 0 Å². The van der Waals surface area contributed by atoms with E-state index in [0.717, 1.165) is 4.90 Å². The molecule has 0 heterocycles. The highest BCUT2D eigenvalue weighted by atomic mass is 32.2. The normalized spacial score (nSPS) is 11.1. The van der Waals surface area contributed by atoms with Gasteiger partial charge in [0.15, 0.2) is 0 Å². The van der Waals surface area contributed by atoms with Crippen molar-refractivity contribution in [1.29, 1.82) is 0 Å². The van der Waals surface area contributed by atoms with E-state index in [9.17, 15) is 8.42 Å². The highest BCUT2D eigenvalue weighted by Gasteiger charge is 2.11. The predicted octanol–water partition coefficient (Wildman–Crippen LogP) is 1.44. The fourth-order valence-electron chi connectivity index (χ4n) is 1.09. The largest absolute Gasteiger partial charge is 0.392 e. The van der Waals surface area contributed by atoms with E-state index in [1.807, 2.05) is 12.3 Å². The second-order valence-corrected chi connectivity index (χ2v) is 6.19. The lowest BCUT2D eigenvalue weighted by atomic mass is 10.3. The van der Waals surface area contributed by atoms with Crippen molar-refractivity contribution in [2.24, 2.45) is 5.73 Å². The number of thiocarbonyl (C=S) groups is 1. The van der Waals surface area contributed by atoms with Crippen LogP contribution in [0.4, 0.5) is 5.69 Å². The molecule has 3 N–H and O–H groups in total. The number of anilines is 1. The molecule has 7 heteroatoms. The summed E-state index contributed by atoms with van der Waals surface area (Å²) < 4.78 is 25.5. The van der Waals surface area contributed by atoms with E-state index in [4.69, 9.17) is 5.73 Å². The fourth-order valence-corrected chi connectivity index (χ4v) is 2.95. The quantitative estimate of drug-likeness (QED) is 0.629. The number of nitrogens with one attached hydrogen (secondary N) is 1. The van der Waals surface area contributed by atoms with Gasteiger partial charge in [-0.25, -0.2) is 8.42 Å². The van der Waals surface area contributed by atoms with Gasteiger partial charge in [0.1, 0.15) is 5.75 Å². The highest BCUT2D eigenvalue weighted by molar-refractivity contribution is 7.98. The smallest absolute Gasteiger partial charge is 0.239 e.